The van der Waals surface area contributed by atoms with Crippen LogP contribution in [0.15, 0.2) is 30.5 Å². The highest BCUT2D eigenvalue weighted by Crippen LogP contribution is 2.23. The van der Waals surface area contributed by atoms with Crippen LogP contribution in [-0.2, 0) is 11.3 Å². The van der Waals surface area contributed by atoms with Crippen molar-refractivity contribution in [2.24, 2.45) is 0 Å². The number of fused-ring (bicyclic) bond motifs is 1. The average Bonchev–Trinajstić information content (AvgIpc) is 2.46. The van der Waals surface area contributed by atoms with Gasteiger partial charge in [-0.2, -0.15) is 0 Å². The molecule has 1 aliphatic rings. The number of rotatable bonds is 2. The molecule has 1 saturated heterocycles. The maximum absolute atomic E-state index is 11.8. The first-order chi connectivity index (χ1) is 9.65. The van der Waals surface area contributed by atoms with Gasteiger partial charge >= 0.3 is 0 Å². The van der Waals surface area contributed by atoms with Gasteiger partial charge in [0.2, 0.25) is 5.91 Å². The Kier molecular flexibility index (Phi) is 3.28. The SMILES string of the molecule is CN1CCN(Cc2ccc(N)c3cccnc23)CC1=O. The van der Waals surface area contributed by atoms with E-state index in [1.807, 2.05) is 31.3 Å². The molecule has 2 heterocycles. The van der Waals surface area contributed by atoms with Gasteiger partial charge in [0.25, 0.3) is 0 Å². The van der Waals surface area contributed by atoms with Crippen molar-refractivity contribution >= 4 is 22.5 Å². The van der Waals surface area contributed by atoms with Crippen LogP contribution in [-0.4, -0.2) is 47.4 Å². The Hall–Kier alpha value is -2.14. The lowest BCUT2D eigenvalue weighted by molar-refractivity contribution is -0.134. The molecule has 0 bridgehead atoms. The van der Waals surface area contributed by atoms with E-state index in [1.165, 1.54) is 0 Å². The van der Waals surface area contributed by atoms with Crippen molar-refractivity contribution in [2.45, 2.75) is 6.54 Å². The van der Waals surface area contributed by atoms with E-state index in [9.17, 15) is 4.79 Å². The lowest BCUT2D eigenvalue weighted by Crippen LogP contribution is -2.47. The smallest absolute Gasteiger partial charge is 0.236 e. The number of hydrogen-bond acceptors (Lipinski definition) is 4. The van der Waals surface area contributed by atoms with Crippen LogP contribution >= 0.6 is 0 Å². The number of nitrogens with two attached hydrogens (primary N) is 1. The molecule has 0 aliphatic carbocycles. The molecule has 0 atom stereocenters. The topological polar surface area (TPSA) is 62.5 Å². The first kappa shape index (κ1) is 12.9. The summed E-state index contributed by atoms with van der Waals surface area (Å²) in [6.45, 7) is 2.86. The van der Waals surface area contributed by atoms with E-state index in [4.69, 9.17) is 5.73 Å². The van der Waals surface area contributed by atoms with Gasteiger partial charge in [-0.05, 0) is 23.8 Å². The van der Waals surface area contributed by atoms with Crippen molar-refractivity contribution in [3.05, 3.63) is 36.0 Å². The zero-order valence-electron chi connectivity index (χ0n) is 11.5. The van der Waals surface area contributed by atoms with Gasteiger partial charge < -0.3 is 10.6 Å². The lowest BCUT2D eigenvalue weighted by Gasteiger charge is -2.32. The summed E-state index contributed by atoms with van der Waals surface area (Å²) in [5.41, 5.74) is 8.77. The molecule has 1 fully saturated rings. The van der Waals surface area contributed by atoms with Crippen molar-refractivity contribution in [1.82, 2.24) is 14.8 Å². The minimum Gasteiger partial charge on any atom is -0.398 e. The molecule has 1 aromatic carbocycles. The Labute approximate surface area is 118 Å². The molecule has 2 aromatic rings. The number of carbonyl (C=O) groups is 1. The van der Waals surface area contributed by atoms with Crippen molar-refractivity contribution in [3.8, 4) is 0 Å². The van der Waals surface area contributed by atoms with Crippen molar-refractivity contribution in [1.29, 1.82) is 0 Å². The van der Waals surface area contributed by atoms with E-state index in [0.29, 0.717) is 6.54 Å². The van der Waals surface area contributed by atoms with Crippen LogP contribution < -0.4 is 5.73 Å². The van der Waals surface area contributed by atoms with Gasteiger partial charge in [-0.15, -0.1) is 0 Å². The first-order valence-electron chi connectivity index (χ1n) is 6.73. The maximum atomic E-state index is 11.8. The Balaban J connectivity index is 1.88. The summed E-state index contributed by atoms with van der Waals surface area (Å²) in [5, 5.41) is 0.977. The molecule has 1 amide bonds. The number of amides is 1. The number of benzene rings is 1. The van der Waals surface area contributed by atoms with E-state index < -0.39 is 0 Å². The van der Waals surface area contributed by atoms with Crippen LogP contribution in [0.2, 0.25) is 0 Å². The summed E-state index contributed by atoms with van der Waals surface area (Å²) < 4.78 is 0. The predicted molar refractivity (Wildman–Crippen MR) is 79.1 cm³/mol. The van der Waals surface area contributed by atoms with Gasteiger partial charge in [0.15, 0.2) is 0 Å². The molecular formula is C15H18N4O. The molecule has 2 N–H and O–H groups in total. The molecule has 0 saturated carbocycles. The fraction of sp³-hybridized carbons (Fsp3) is 0.333. The Morgan fingerprint density at radius 3 is 2.95 bits per heavy atom. The third kappa shape index (κ3) is 2.32. The zero-order chi connectivity index (χ0) is 14.1. The maximum Gasteiger partial charge on any atom is 0.236 e. The lowest BCUT2D eigenvalue weighted by atomic mass is 10.1. The van der Waals surface area contributed by atoms with Crippen LogP contribution in [0.4, 0.5) is 5.69 Å². The molecule has 0 unspecified atom stereocenters. The van der Waals surface area contributed by atoms with Crippen LogP contribution in [0, 0.1) is 0 Å². The van der Waals surface area contributed by atoms with Gasteiger partial charge in [-0.3, -0.25) is 14.7 Å². The average molecular weight is 270 g/mol. The Bertz CT molecular complexity index is 655. The van der Waals surface area contributed by atoms with E-state index >= 15 is 0 Å². The minimum atomic E-state index is 0.170. The van der Waals surface area contributed by atoms with E-state index in [2.05, 4.69) is 9.88 Å². The van der Waals surface area contributed by atoms with Crippen molar-refractivity contribution in [2.75, 3.05) is 32.4 Å². The second-order valence-corrected chi connectivity index (χ2v) is 5.24. The summed E-state index contributed by atoms with van der Waals surface area (Å²) in [7, 11) is 1.85. The quantitative estimate of drug-likeness (QED) is 0.830. The minimum absolute atomic E-state index is 0.170. The summed E-state index contributed by atoms with van der Waals surface area (Å²) in [4.78, 5) is 20.1. The summed E-state index contributed by atoms with van der Waals surface area (Å²) in [6, 6.07) is 7.79. The molecular weight excluding hydrogens is 252 g/mol. The molecule has 1 aliphatic heterocycles. The summed E-state index contributed by atoms with van der Waals surface area (Å²) in [5.74, 6) is 0.170. The summed E-state index contributed by atoms with van der Waals surface area (Å²) >= 11 is 0. The molecule has 0 radical (unpaired) electrons. The number of aromatic nitrogens is 1. The van der Waals surface area contributed by atoms with Crippen LogP contribution in [0.5, 0.6) is 0 Å². The molecule has 104 valence electrons. The second-order valence-electron chi connectivity index (χ2n) is 5.24. The van der Waals surface area contributed by atoms with Crippen LogP contribution in [0.25, 0.3) is 10.9 Å². The number of piperazine rings is 1. The standard InChI is InChI=1S/C15H18N4O/c1-18-7-8-19(10-14(18)20)9-11-4-5-13(16)12-3-2-6-17-15(11)12/h2-6H,7-10,16H2,1H3. The summed E-state index contributed by atoms with van der Waals surface area (Å²) in [6.07, 6.45) is 1.78. The highest BCUT2D eigenvalue weighted by molar-refractivity contribution is 5.92. The van der Waals surface area contributed by atoms with Crippen LogP contribution in [0.3, 0.4) is 0 Å². The van der Waals surface area contributed by atoms with E-state index in [0.717, 1.165) is 41.8 Å². The van der Waals surface area contributed by atoms with Crippen molar-refractivity contribution < 1.29 is 4.79 Å². The number of anilines is 1. The molecule has 5 nitrogen and oxygen atoms in total. The van der Waals surface area contributed by atoms with Gasteiger partial charge in [-0.25, -0.2) is 0 Å². The Morgan fingerprint density at radius 1 is 1.30 bits per heavy atom. The van der Waals surface area contributed by atoms with Crippen molar-refractivity contribution in [3.63, 3.8) is 0 Å². The van der Waals surface area contributed by atoms with Crippen LogP contribution in [0.1, 0.15) is 5.56 Å². The second kappa shape index (κ2) is 5.09. The van der Waals surface area contributed by atoms with Gasteiger partial charge in [-0.1, -0.05) is 6.07 Å². The number of nitrogen functional groups attached to an aromatic ring is 1. The highest BCUT2D eigenvalue weighted by Gasteiger charge is 2.21. The zero-order valence-corrected chi connectivity index (χ0v) is 11.5. The number of likely N-dealkylation sites (N-methyl/N-ethyl adjacent to an activating group) is 1. The van der Waals surface area contributed by atoms with Gasteiger partial charge in [0.05, 0.1) is 12.1 Å². The number of hydrogen-bond donors (Lipinski definition) is 1. The monoisotopic (exact) mass is 270 g/mol. The first-order valence-corrected chi connectivity index (χ1v) is 6.73. The molecule has 1 aromatic heterocycles. The number of pyridine rings is 1. The van der Waals surface area contributed by atoms with E-state index in [1.54, 1.807) is 11.1 Å². The predicted octanol–water partition coefficient (Wildman–Crippen LogP) is 1.09. The molecule has 3 rings (SSSR count). The normalized spacial score (nSPS) is 16.9. The third-order valence-corrected chi connectivity index (χ3v) is 3.82. The number of nitrogens with zero attached hydrogens (tertiary/aromatic N) is 3. The molecule has 0 spiro atoms. The van der Waals surface area contributed by atoms with Gasteiger partial charge in [0.1, 0.15) is 0 Å². The van der Waals surface area contributed by atoms with E-state index in [-0.39, 0.29) is 5.91 Å². The molecule has 5 heteroatoms. The fourth-order valence-corrected chi connectivity index (χ4v) is 2.56. The molecule has 20 heavy (non-hydrogen) atoms. The third-order valence-electron chi connectivity index (χ3n) is 3.82. The van der Waals surface area contributed by atoms with Gasteiger partial charge in [0, 0.05) is 44.0 Å². The largest absolute Gasteiger partial charge is 0.398 e. The Morgan fingerprint density at radius 2 is 2.15 bits per heavy atom. The highest BCUT2D eigenvalue weighted by atomic mass is 16.2. The number of carbonyl (C=O) groups excluding carboxylic acids is 1. The fourth-order valence-electron chi connectivity index (χ4n) is 2.56.